The third kappa shape index (κ3) is 2.48. The van der Waals surface area contributed by atoms with Gasteiger partial charge in [-0.05, 0) is 65.1 Å². The molecule has 0 bridgehead atoms. The summed E-state index contributed by atoms with van der Waals surface area (Å²) in [5.41, 5.74) is 8.87. The van der Waals surface area contributed by atoms with Crippen molar-refractivity contribution >= 4 is 22.6 Å². The molecule has 1 aromatic carbocycles. The molecule has 1 atom stereocenters. The second-order valence-electron chi connectivity index (χ2n) is 4.29. The van der Waals surface area contributed by atoms with Gasteiger partial charge in [0.15, 0.2) is 0 Å². The molecule has 1 fully saturated rings. The highest BCUT2D eigenvalue weighted by atomic mass is 127. The number of benzene rings is 1. The molecule has 1 aliphatic carbocycles. The minimum Gasteiger partial charge on any atom is -0.324 e. The smallest absolute Gasteiger partial charge is 0.0300 e. The summed E-state index contributed by atoms with van der Waals surface area (Å²) >= 11 is 2.35. The van der Waals surface area contributed by atoms with Crippen LogP contribution in [-0.2, 0) is 0 Å². The SMILES string of the molecule is Cc1ccc(I)cc1[C@@H](N)CC1CC1. The molecule has 2 rings (SSSR count). The van der Waals surface area contributed by atoms with E-state index < -0.39 is 0 Å². The van der Waals surface area contributed by atoms with Crippen LogP contribution in [0, 0.1) is 16.4 Å². The largest absolute Gasteiger partial charge is 0.324 e. The molecule has 0 heterocycles. The lowest BCUT2D eigenvalue weighted by molar-refractivity contribution is 0.594. The van der Waals surface area contributed by atoms with E-state index in [2.05, 4.69) is 47.7 Å². The lowest BCUT2D eigenvalue weighted by Crippen LogP contribution is -2.12. The van der Waals surface area contributed by atoms with E-state index in [-0.39, 0.29) is 6.04 Å². The molecule has 0 unspecified atom stereocenters. The van der Waals surface area contributed by atoms with Gasteiger partial charge in [-0.3, -0.25) is 0 Å². The van der Waals surface area contributed by atoms with Gasteiger partial charge in [0.2, 0.25) is 0 Å². The summed E-state index contributed by atoms with van der Waals surface area (Å²) in [6.45, 7) is 2.15. The van der Waals surface area contributed by atoms with Crippen molar-refractivity contribution in [2.24, 2.45) is 11.7 Å². The molecule has 0 radical (unpaired) electrons. The second-order valence-corrected chi connectivity index (χ2v) is 5.53. The molecule has 1 aliphatic rings. The van der Waals surface area contributed by atoms with E-state index in [4.69, 9.17) is 5.73 Å². The maximum atomic E-state index is 6.20. The second kappa shape index (κ2) is 4.19. The molecular formula is C12H16IN. The number of nitrogens with two attached hydrogens (primary N) is 1. The Kier molecular flexibility index (Phi) is 3.12. The van der Waals surface area contributed by atoms with Gasteiger partial charge in [0, 0.05) is 9.61 Å². The normalized spacial score (nSPS) is 18.2. The Balaban J connectivity index is 2.15. The number of rotatable bonds is 3. The zero-order chi connectivity index (χ0) is 10.1. The van der Waals surface area contributed by atoms with Crippen molar-refractivity contribution in [1.82, 2.24) is 0 Å². The monoisotopic (exact) mass is 301 g/mol. The highest BCUT2D eigenvalue weighted by Gasteiger charge is 2.24. The Bertz CT molecular complexity index is 331. The highest BCUT2D eigenvalue weighted by Crippen LogP contribution is 2.37. The van der Waals surface area contributed by atoms with Crippen molar-refractivity contribution in [1.29, 1.82) is 0 Å². The average molecular weight is 301 g/mol. The maximum Gasteiger partial charge on any atom is 0.0300 e. The molecule has 0 aliphatic heterocycles. The standard InChI is InChI=1S/C12H16IN/c1-8-2-5-10(13)7-11(8)12(14)6-9-3-4-9/h2,5,7,9,12H,3-4,6,14H2,1H3/t12-/m0/s1. The van der Waals surface area contributed by atoms with Crippen LogP contribution >= 0.6 is 22.6 Å². The molecule has 0 spiro atoms. The van der Waals surface area contributed by atoms with Crippen molar-refractivity contribution < 1.29 is 0 Å². The van der Waals surface area contributed by atoms with Crippen molar-refractivity contribution in [3.63, 3.8) is 0 Å². The van der Waals surface area contributed by atoms with Gasteiger partial charge in [-0.2, -0.15) is 0 Å². The van der Waals surface area contributed by atoms with Gasteiger partial charge in [0.25, 0.3) is 0 Å². The molecular weight excluding hydrogens is 285 g/mol. The van der Waals surface area contributed by atoms with Crippen molar-refractivity contribution in [3.05, 3.63) is 32.9 Å². The Morgan fingerprint density at radius 3 is 2.86 bits per heavy atom. The van der Waals surface area contributed by atoms with Crippen molar-refractivity contribution in [2.45, 2.75) is 32.2 Å². The molecule has 0 amide bonds. The molecule has 2 N–H and O–H groups in total. The summed E-state index contributed by atoms with van der Waals surface area (Å²) in [4.78, 5) is 0. The van der Waals surface area contributed by atoms with Gasteiger partial charge in [0.05, 0.1) is 0 Å². The van der Waals surface area contributed by atoms with Crippen LogP contribution in [0.5, 0.6) is 0 Å². The molecule has 14 heavy (non-hydrogen) atoms. The average Bonchev–Trinajstić information content (AvgIpc) is 2.93. The first-order valence-corrected chi connectivity index (χ1v) is 6.26. The topological polar surface area (TPSA) is 26.0 Å². The minimum atomic E-state index is 0.247. The number of hydrogen-bond donors (Lipinski definition) is 1. The van der Waals surface area contributed by atoms with Crippen LogP contribution in [0.15, 0.2) is 18.2 Å². The fourth-order valence-electron chi connectivity index (χ4n) is 1.85. The Hall–Kier alpha value is -0.0900. The van der Waals surface area contributed by atoms with Crippen LogP contribution in [0.3, 0.4) is 0 Å². The summed E-state index contributed by atoms with van der Waals surface area (Å²) < 4.78 is 1.29. The highest BCUT2D eigenvalue weighted by molar-refractivity contribution is 14.1. The zero-order valence-electron chi connectivity index (χ0n) is 8.46. The van der Waals surface area contributed by atoms with Crippen LogP contribution in [-0.4, -0.2) is 0 Å². The summed E-state index contributed by atoms with van der Waals surface area (Å²) in [6, 6.07) is 6.79. The Morgan fingerprint density at radius 1 is 1.50 bits per heavy atom. The van der Waals surface area contributed by atoms with E-state index in [1.54, 1.807) is 0 Å². The Morgan fingerprint density at radius 2 is 2.21 bits per heavy atom. The van der Waals surface area contributed by atoms with E-state index >= 15 is 0 Å². The van der Waals surface area contributed by atoms with Crippen LogP contribution in [0.1, 0.15) is 36.4 Å². The predicted molar refractivity (Wildman–Crippen MR) is 68.2 cm³/mol. The molecule has 1 aromatic rings. The van der Waals surface area contributed by atoms with Gasteiger partial charge >= 0.3 is 0 Å². The van der Waals surface area contributed by atoms with Crippen LogP contribution in [0.2, 0.25) is 0 Å². The quantitative estimate of drug-likeness (QED) is 0.851. The summed E-state index contributed by atoms with van der Waals surface area (Å²) in [5.74, 6) is 0.905. The minimum absolute atomic E-state index is 0.247. The van der Waals surface area contributed by atoms with E-state index in [9.17, 15) is 0 Å². The van der Waals surface area contributed by atoms with Crippen molar-refractivity contribution in [2.75, 3.05) is 0 Å². The molecule has 2 heteroatoms. The zero-order valence-corrected chi connectivity index (χ0v) is 10.6. The molecule has 1 nitrogen and oxygen atoms in total. The summed E-state index contributed by atoms with van der Waals surface area (Å²) in [5, 5.41) is 0. The van der Waals surface area contributed by atoms with Gasteiger partial charge in [-0.15, -0.1) is 0 Å². The molecule has 76 valence electrons. The fraction of sp³-hybridized carbons (Fsp3) is 0.500. The summed E-state index contributed by atoms with van der Waals surface area (Å²) in [6.07, 6.45) is 3.94. The van der Waals surface area contributed by atoms with Crippen LogP contribution in [0.4, 0.5) is 0 Å². The number of hydrogen-bond acceptors (Lipinski definition) is 1. The lowest BCUT2D eigenvalue weighted by Gasteiger charge is -2.14. The first-order chi connectivity index (χ1) is 6.66. The molecule has 1 saturated carbocycles. The fourth-order valence-corrected chi connectivity index (χ4v) is 2.37. The number of halogens is 1. The van der Waals surface area contributed by atoms with E-state index in [0.29, 0.717) is 0 Å². The number of aryl methyl sites for hydroxylation is 1. The van der Waals surface area contributed by atoms with E-state index in [1.165, 1.54) is 34.0 Å². The maximum absolute atomic E-state index is 6.20. The van der Waals surface area contributed by atoms with E-state index in [0.717, 1.165) is 5.92 Å². The third-order valence-electron chi connectivity index (χ3n) is 2.92. The van der Waals surface area contributed by atoms with Gasteiger partial charge < -0.3 is 5.73 Å². The van der Waals surface area contributed by atoms with E-state index in [1.807, 2.05) is 0 Å². The van der Waals surface area contributed by atoms with Crippen LogP contribution < -0.4 is 5.73 Å². The lowest BCUT2D eigenvalue weighted by atomic mass is 9.98. The summed E-state index contributed by atoms with van der Waals surface area (Å²) in [7, 11) is 0. The molecule has 0 aromatic heterocycles. The van der Waals surface area contributed by atoms with Gasteiger partial charge in [-0.25, -0.2) is 0 Å². The van der Waals surface area contributed by atoms with Gasteiger partial charge in [0.1, 0.15) is 0 Å². The first kappa shape index (κ1) is 10.4. The molecule has 0 saturated heterocycles. The van der Waals surface area contributed by atoms with Gasteiger partial charge in [-0.1, -0.05) is 18.9 Å². The predicted octanol–water partition coefficient (Wildman–Crippen LogP) is 3.40. The third-order valence-corrected chi connectivity index (χ3v) is 3.60. The van der Waals surface area contributed by atoms with Crippen LogP contribution in [0.25, 0.3) is 0 Å². The first-order valence-electron chi connectivity index (χ1n) is 5.18. The van der Waals surface area contributed by atoms with Crippen molar-refractivity contribution in [3.8, 4) is 0 Å². The Labute approximate surface area is 99.2 Å².